The first-order chi connectivity index (χ1) is 26.3. The van der Waals surface area contributed by atoms with Crippen molar-refractivity contribution in [3.8, 4) is 5.75 Å². The second-order valence-electron chi connectivity index (χ2n) is 13.2. The van der Waals surface area contributed by atoms with Crippen molar-refractivity contribution >= 4 is 34.5 Å². The standard InChI is InChI=1S/C35H46INO18/c1-15(41)37-23-30(55-34-27(45)26(44)24(42)20(12-38)52-34)25(43)21(13-39)51-33(23)54-29-22(14-40)53-35(49-18-9-7-17(36)8-10-18)28(46)31(29)50-19(32(47)48)11-16-5-3-2-4-6-16/h2-10,19-31,33-35,38-40,42-46H,11-14H2,1H3,(H,37,41)(H,47,48)/t19-,20?,21+,22?,23?,24-,25-,26?,27?,28?,29-,30?,31?,33-,34-,35+/m0/s1. The minimum absolute atomic E-state index is 0.165. The van der Waals surface area contributed by atoms with Crippen LogP contribution in [0.1, 0.15) is 12.5 Å². The van der Waals surface area contributed by atoms with E-state index in [-0.39, 0.29) is 12.2 Å². The van der Waals surface area contributed by atoms with Crippen molar-refractivity contribution in [1.29, 1.82) is 0 Å². The Morgan fingerprint density at radius 2 is 1.29 bits per heavy atom. The van der Waals surface area contributed by atoms with Crippen molar-refractivity contribution in [1.82, 2.24) is 5.32 Å². The third kappa shape index (κ3) is 10.5. The van der Waals surface area contributed by atoms with Gasteiger partial charge >= 0.3 is 5.97 Å². The Hall–Kier alpha value is -2.65. The van der Waals surface area contributed by atoms with Crippen LogP contribution in [0.5, 0.6) is 5.75 Å². The molecule has 55 heavy (non-hydrogen) atoms. The highest BCUT2D eigenvalue weighted by molar-refractivity contribution is 14.1. The van der Waals surface area contributed by atoms with Crippen molar-refractivity contribution in [3.05, 3.63) is 63.7 Å². The zero-order valence-electron chi connectivity index (χ0n) is 29.3. The Balaban J connectivity index is 1.49. The Bertz CT molecular complexity index is 1520. The third-order valence-electron chi connectivity index (χ3n) is 9.38. The molecular weight excluding hydrogens is 849 g/mol. The van der Waals surface area contributed by atoms with Crippen molar-refractivity contribution in [3.63, 3.8) is 0 Å². The summed E-state index contributed by atoms with van der Waals surface area (Å²) in [4.78, 5) is 25.2. The topological polar surface area (TPSA) is 293 Å². The lowest BCUT2D eigenvalue weighted by atomic mass is 9.94. The first-order valence-electron chi connectivity index (χ1n) is 17.4. The van der Waals surface area contributed by atoms with Crippen LogP contribution >= 0.6 is 22.6 Å². The van der Waals surface area contributed by atoms with Crippen molar-refractivity contribution in [2.24, 2.45) is 0 Å². The van der Waals surface area contributed by atoms with Gasteiger partial charge in [-0.1, -0.05) is 30.3 Å². The van der Waals surface area contributed by atoms with Gasteiger partial charge in [0, 0.05) is 16.9 Å². The number of aliphatic carboxylic acids is 1. The second-order valence-corrected chi connectivity index (χ2v) is 14.5. The normalized spacial score (nSPS) is 37.2. The van der Waals surface area contributed by atoms with Crippen LogP contribution in [0.3, 0.4) is 0 Å². The summed E-state index contributed by atoms with van der Waals surface area (Å²) in [5.41, 5.74) is 0.577. The molecule has 16 atom stereocenters. The van der Waals surface area contributed by atoms with E-state index >= 15 is 0 Å². The molecule has 10 N–H and O–H groups in total. The first kappa shape index (κ1) is 43.5. The number of carbonyl (C=O) groups is 2. The van der Waals surface area contributed by atoms with Gasteiger partial charge in [0.25, 0.3) is 0 Å². The quantitative estimate of drug-likeness (QED) is 0.0797. The van der Waals surface area contributed by atoms with Gasteiger partial charge in [0.2, 0.25) is 12.2 Å². The molecule has 5 rings (SSSR count). The highest BCUT2D eigenvalue weighted by Gasteiger charge is 2.55. The van der Waals surface area contributed by atoms with Crippen LogP contribution in [0.2, 0.25) is 0 Å². The molecular formula is C35H46INO18. The maximum atomic E-state index is 12.6. The predicted molar refractivity (Wildman–Crippen MR) is 191 cm³/mol. The molecule has 3 aliphatic heterocycles. The molecule has 306 valence electrons. The van der Waals surface area contributed by atoms with Gasteiger partial charge in [-0.3, -0.25) is 4.79 Å². The summed E-state index contributed by atoms with van der Waals surface area (Å²) >= 11 is 2.09. The monoisotopic (exact) mass is 895 g/mol. The van der Waals surface area contributed by atoms with Crippen LogP contribution < -0.4 is 10.1 Å². The van der Waals surface area contributed by atoms with E-state index < -0.39 is 130 Å². The lowest BCUT2D eigenvalue weighted by Gasteiger charge is -2.50. The molecule has 0 spiro atoms. The van der Waals surface area contributed by atoms with Crippen molar-refractivity contribution < 1.29 is 88.7 Å². The van der Waals surface area contributed by atoms with Gasteiger partial charge in [0.15, 0.2) is 18.7 Å². The Morgan fingerprint density at radius 1 is 0.709 bits per heavy atom. The van der Waals surface area contributed by atoms with Crippen LogP contribution in [-0.2, 0) is 44.4 Å². The van der Waals surface area contributed by atoms with Crippen LogP contribution in [-0.4, -0.2) is 176 Å². The number of carboxylic acids is 1. The summed E-state index contributed by atoms with van der Waals surface area (Å²) in [6, 6.07) is 13.6. The van der Waals surface area contributed by atoms with Gasteiger partial charge in [-0.15, -0.1) is 0 Å². The Kier molecular flexibility index (Phi) is 15.5. The lowest BCUT2D eigenvalue weighted by Crippen LogP contribution is -2.70. The highest BCUT2D eigenvalue weighted by atomic mass is 127. The molecule has 0 bridgehead atoms. The maximum Gasteiger partial charge on any atom is 0.333 e. The number of benzene rings is 2. The number of rotatable bonds is 15. The second kappa shape index (κ2) is 19.7. The van der Waals surface area contributed by atoms with E-state index in [1.54, 1.807) is 54.6 Å². The van der Waals surface area contributed by atoms with E-state index in [4.69, 9.17) is 33.2 Å². The molecule has 3 saturated heterocycles. The molecule has 1 amide bonds. The molecule has 0 radical (unpaired) electrons. The molecule has 19 nitrogen and oxygen atoms in total. The molecule has 3 heterocycles. The zero-order chi connectivity index (χ0) is 40.0. The molecule has 0 saturated carbocycles. The van der Waals surface area contributed by atoms with E-state index in [1.807, 2.05) is 0 Å². The summed E-state index contributed by atoms with van der Waals surface area (Å²) in [6.07, 6.45) is -25.3. The average Bonchev–Trinajstić information content (AvgIpc) is 3.16. The minimum atomic E-state index is -1.93. The lowest BCUT2D eigenvalue weighted by molar-refractivity contribution is -0.364. The van der Waals surface area contributed by atoms with Crippen LogP contribution in [0.4, 0.5) is 0 Å². The van der Waals surface area contributed by atoms with Crippen molar-refractivity contribution in [2.45, 2.75) is 112 Å². The number of halogens is 1. The van der Waals surface area contributed by atoms with Gasteiger partial charge in [-0.05, 0) is 52.4 Å². The number of nitrogens with one attached hydrogen (secondary N) is 1. The van der Waals surface area contributed by atoms with Crippen molar-refractivity contribution in [2.75, 3.05) is 19.8 Å². The number of aliphatic hydroxyl groups is 8. The average molecular weight is 896 g/mol. The van der Waals surface area contributed by atoms with Gasteiger partial charge in [-0.25, -0.2) is 4.79 Å². The molecule has 3 fully saturated rings. The summed E-state index contributed by atoms with van der Waals surface area (Å²) < 4.78 is 42.3. The van der Waals surface area contributed by atoms with Crippen LogP contribution in [0, 0.1) is 3.57 Å². The highest BCUT2D eigenvalue weighted by Crippen LogP contribution is 2.35. The fourth-order valence-electron chi connectivity index (χ4n) is 6.54. The third-order valence-corrected chi connectivity index (χ3v) is 10.1. The molecule has 0 aliphatic carbocycles. The zero-order valence-corrected chi connectivity index (χ0v) is 31.5. The molecule has 2 aromatic rings. The number of aliphatic hydroxyl groups excluding tert-OH is 8. The minimum Gasteiger partial charge on any atom is -0.479 e. The molecule has 8 unspecified atom stereocenters. The molecule has 3 aliphatic rings. The summed E-state index contributed by atoms with van der Waals surface area (Å²) in [6.45, 7) is -1.37. The van der Waals surface area contributed by atoms with E-state index in [0.717, 1.165) is 10.5 Å². The molecule has 0 aromatic heterocycles. The van der Waals surface area contributed by atoms with Gasteiger partial charge in [0.05, 0.1) is 19.8 Å². The first-order valence-corrected chi connectivity index (χ1v) is 18.5. The largest absolute Gasteiger partial charge is 0.479 e. The number of carboxylic acid groups (broad SMARTS) is 1. The Labute approximate surface area is 328 Å². The fraction of sp³-hybridized carbons (Fsp3) is 0.600. The van der Waals surface area contributed by atoms with Crippen LogP contribution in [0.15, 0.2) is 54.6 Å². The van der Waals surface area contributed by atoms with E-state index in [2.05, 4.69) is 27.9 Å². The number of hydrogen-bond donors (Lipinski definition) is 10. The van der Waals surface area contributed by atoms with Crippen LogP contribution in [0.25, 0.3) is 0 Å². The summed E-state index contributed by atoms with van der Waals surface area (Å²) in [7, 11) is 0. The maximum absolute atomic E-state index is 12.6. The van der Waals surface area contributed by atoms with Gasteiger partial charge in [0.1, 0.15) is 78.9 Å². The van der Waals surface area contributed by atoms with E-state index in [1.165, 1.54) is 0 Å². The number of ether oxygens (including phenoxy) is 7. The SMILES string of the molecule is CC(=O)NC1C(O[C@@H]2OC(CO)[C@H](O)C(O)C2O)[C@@H](O)[C@@H](CO)O[C@H]1O[C@H]1C(CO)O[C@@H](Oc2ccc(I)cc2)C(O)C1O[C@@H](Cc1ccccc1)C(=O)O. The Morgan fingerprint density at radius 3 is 1.89 bits per heavy atom. The van der Waals surface area contributed by atoms with E-state index in [9.17, 15) is 55.5 Å². The summed E-state index contributed by atoms with van der Waals surface area (Å²) in [5, 5.41) is 97.6. The van der Waals surface area contributed by atoms with E-state index in [0.29, 0.717) is 5.56 Å². The number of carbonyl (C=O) groups excluding carboxylic acids is 1. The van der Waals surface area contributed by atoms with Gasteiger partial charge < -0.3 is 84.4 Å². The number of hydrogen-bond acceptors (Lipinski definition) is 17. The molecule has 2 aromatic carbocycles. The fourth-order valence-corrected chi connectivity index (χ4v) is 6.90. The smallest absolute Gasteiger partial charge is 0.333 e. The predicted octanol–water partition coefficient (Wildman–Crippen LogP) is -3.02. The number of amides is 1. The van der Waals surface area contributed by atoms with Gasteiger partial charge in [-0.2, -0.15) is 0 Å². The molecule has 20 heteroatoms. The summed E-state index contributed by atoms with van der Waals surface area (Å²) in [5.74, 6) is -1.86.